The van der Waals surface area contributed by atoms with Crippen LogP contribution >= 0.6 is 23.2 Å². The van der Waals surface area contributed by atoms with E-state index in [1.165, 1.54) is 0 Å². The van der Waals surface area contributed by atoms with Crippen LogP contribution < -0.4 is 10.9 Å². The van der Waals surface area contributed by atoms with Crippen LogP contribution in [0.5, 0.6) is 0 Å². The molecule has 1 aromatic heterocycles. The normalized spacial score (nSPS) is 12.2. The van der Waals surface area contributed by atoms with E-state index in [0.717, 1.165) is 24.2 Å². The highest BCUT2D eigenvalue weighted by Crippen LogP contribution is 2.27. The number of nitrogens with zero attached hydrogens (tertiary/aromatic N) is 1. The number of hydrogen-bond donors (Lipinski definition) is 1. The standard InChI is InChI=1S/C16H18Cl2N2O/c1-3-8-20-10-13(5-7-16(20)21)19-11(2)12-4-6-14(17)15(18)9-12/h4-7,9-11,19H,3,8H2,1-2H3. The highest BCUT2D eigenvalue weighted by atomic mass is 35.5. The molecule has 0 amide bonds. The predicted octanol–water partition coefficient (Wildman–Crippen LogP) is 4.74. The van der Waals surface area contributed by atoms with E-state index in [1.54, 1.807) is 22.8 Å². The molecule has 21 heavy (non-hydrogen) atoms. The third kappa shape index (κ3) is 4.02. The number of hydrogen-bond acceptors (Lipinski definition) is 2. The number of aromatic nitrogens is 1. The number of pyridine rings is 1. The first-order valence-corrected chi connectivity index (χ1v) is 7.69. The predicted molar refractivity (Wildman–Crippen MR) is 89.5 cm³/mol. The van der Waals surface area contributed by atoms with Crippen LogP contribution in [0.2, 0.25) is 10.0 Å². The second-order valence-electron chi connectivity index (χ2n) is 4.99. The molecule has 1 unspecified atom stereocenters. The van der Waals surface area contributed by atoms with Gasteiger partial charge < -0.3 is 9.88 Å². The maximum absolute atomic E-state index is 11.7. The first-order chi connectivity index (χ1) is 10.0. The lowest BCUT2D eigenvalue weighted by molar-refractivity contribution is 0.654. The lowest BCUT2D eigenvalue weighted by Crippen LogP contribution is -2.19. The maximum Gasteiger partial charge on any atom is 0.250 e. The van der Waals surface area contributed by atoms with E-state index in [2.05, 4.69) is 5.32 Å². The summed E-state index contributed by atoms with van der Waals surface area (Å²) >= 11 is 12.0. The van der Waals surface area contributed by atoms with Gasteiger partial charge in [-0.15, -0.1) is 0 Å². The summed E-state index contributed by atoms with van der Waals surface area (Å²) < 4.78 is 1.71. The number of halogens is 2. The van der Waals surface area contributed by atoms with Crippen LogP contribution in [0.1, 0.15) is 31.9 Å². The molecule has 2 rings (SSSR count). The van der Waals surface area contributed by atoms with E-state index in [4.69, 9.17) is 23.2 Å². The van der Waals surface area contributed by atoms with Crippen molar-refractivity contribution in [3.05, 3.63) is 62.5 Å². The monoisotopic (exact) mass is 324 g/mol. The number of nitrogens with one attached hydrogen (secondary N) is 1. The summed E-state index contributed by atoms with van der Waals surface area (Å²) in [5, 5.41) is 4.46. The quantitative estimate of drug-likeness (QED) is 0.862. The van der Waals surface area contributed by atoms with Crippen molar-refractivity contribution in [3.63, 3.8) is 0 Å². The van der Waals surface area contributed by atoms with Gasteiger partial charge in [0.25, 0.3) is 5.56 Å². The smallest absolute Gasteiger partial charge is 0.250 e. The summed E-state index contributed by atoms with van der Waals surface area (Å²) in [6.45, 7) is 4.80. The molecule has 0 radical (unpaired) electrons. The topological polar surface area (TPSA) is 34.0 Å². The third-order valence-electron chi connectivity index (χ3n) is 3.27. The van der Waals surface area contributed by atoms with Crippen molar-refractivity contribution in [2.45, 2.75) is 32.9 Å². The van der Waals surface area contributed by atoms with E-state index in [9.17, 15) is 4.79 Å². The van der Waals surface area contributed by atoms with Crippen molar-refractivity contribution in [1.82, 2.24) is 4.57 Å². The van der Waals surface area contributed by atoms with Crippen molar-refractivity contribution in [3.8, 4) is 0 Å². The molecule has 5 heteroatoms. The van der Waals surface area contributed by atoms with Gasteiger partial charge >= 0.3 is 0 Å². The van der Waals surface area contributed by atoms with Crippen LogP contribution in [0.15, 0.2) is 41.3 Å². The minimum Gasteiger partial charge on any atom is -0.377 e. The largest absolute Gasteiger partial charge is 0.377 e. The Morgan fingerprint density at radius 2 is 1.95 bits per heavy atom. The number of rotatable bonds is 5. The van der Waals surface area contributed by atoms with E-state index in [-0.39, 0.29) is 11.6 Å². The first-order valence-electron chi connectivity index (χ1n) is 6.93. The summed E-state index contributed by atoms with van der Waals surface area (Å²) in [6.07, 6.45) is 2.77. The molecule has 0 fully saturated rings. The van der Waals surface area contributed by atoms with E-state index in [0.29, 0.717) is 10.0 Å². The minimum atomic E-state index is 0.0181. The molecule has 2 aromatic rings. The molecule has 3 nitrogen and oxygen atoms in total. The zero-order chi connectivity index (χ0) is 15.4. The van der Waals surface area contributed by atoms with Crippen LogP contribution in [0.25, 0.3) is 0 Å². The average Bonchev–Trinajstić information content (AvgIpc) is 2.45. The second kappa shape index (κ2) is 7.01. The van der Waals surface area contributed by atoms with Crippen molar-refractivity contribution in [2.75, 3.05) is 5.32 Å². The van der Waals surface area contributed by atoms with Gasteiger partial charge in [-0.25, -0.2) is 0 Å². The van der Waals surface area contributed by atoms with Crippen molar-refractivity contribution < 1.29 is 0 Å². The van der Waals surface area contributed by atoms with Gasteiger partial charge in [-0.05, 0) is 37.1 Å². The fourth-order valence-electron chi connectivity index (χ4n) is 2.15. The molecule has 0 aliphatic heterocycles. The lowest BCUT2D eigenvalue weighted by Gasteiger charge is -2.17. The molecule has 112 valence electrons. The Morgan fingerprint density at radius 3 is 2.62 bits per heavy atom. The molecule has 1 aromatic carbocycles. The highest BCUT2D eigenvalue weighted by Gasteiger charge is 2.08. The van der Waals surface area contributed by atoms with E-state index < -0.39 is 0 Å². The minimum absolute atomic E-state index is 0.0181. The van der Waals surface area contributed by atoms with Gasteiger partial charge in [-0.2, -0.15) is 0 Å². The first kappa shape index (κ1) is 15.9. The van der Waals surface area contributed by atoms with Crippen molar-refractivity contribution in [2.24, 2.45) is 0 Å². The van der Waals surface area contributed by atoms with Gasteiger partial charge in [0, 0.05) is 24.8 Å². The van der Waals surface area contributed by atoms with Gasteiger partial charge in [0.15, 0.2) is 0 Å². The van der Waals surface area contributed by atoms with Crippen LogP contribution in [0.4, 0.5) is 5.69 Å². The van der Waals surface area contributed by atoms with Crippen LogP contribution in [0.3, 0.4) is 0 Å². The highest BCUT2D eigenvalue weighted by molar-refractivity contribution is 6.42. The summed E-state index contributed by atoms with van der Waals surface area (Å²) in [5.41, 5.74) is 1.96. The lowest BCUT2D eigenvalue weighted by atomic mass is 10.1. The van der Waals surface area contributed by atoms with Gasteiger partial charge in [-0.1, -0.05) is 36.2 Å². The van der Waals surface area contributed by atoms with Gasteiger partial charge in [0.2, 0.25) is 0 Å². The average molecular weight is 325 g/mol. The van der Waals surface area contributed by atoms with Gasteiger partial charge in [-0.3, -0.25) is 4.79 Å². The number of aryl methyl sites for hydroxylation is 1. The summed E-state index contributed by atoms with van der Waals surface area (Å²) in [7, 11) is 0. The molecular formula is C16H18Cl2N2O. The zero-order valence-corrected chi connectivity index (χ0v) is 13.6. The fraction of sp³-hybridized carbons (Fsp3) is 0.312. The maximum atomic E-state index is 11.7. The molecule has 0 aliphatic rings. The molecule has 1 atom stereocenters. The molecule has 0 aliphatic carbocycles. The summed E-state index contributed by atoms with van der Waals surface area (Å²) in [6, 6.07) is 9.02. The Kier molecular flexibility index (Phi) is 5.32. The molecule has 1 N–H and O–H groups in total. The number of anilines is 1. The SMILES string of the molecule is CCCn1cc(NC(C)c2ccc(Cl)c(Cl)c2)ccc1=O. The van der Waals surface area contributed by atoms with Gasteiger partial charge in [0.1, 0.15) is 0 Å². The molecule has 0 spiro atoms. The molecular weight excluding hydrogens is 307 g/mol. The number of benzene rings is 1. The molecule has 0 bridgehead atoms. The molecule has 0 saturated heterocycles. The zero-order valence-electron chi connectivity index (χ0n) is 12.1. The van der Waals surface area contributed by atoms with Gasteiger partial charge in [0.05, 0.1) is 15.7 Å². The molecule has 0 saturated carbocycles. The third-order valence-corrected chi connectivity index (χ3v) is 4.01. The Hall–Kier alpha value is -1.45. The molecule has 1 heterocycles. The summed E-state index contributed by atoms with van der Waals surface area (Å²) in [4.78, 5) is 11.7. The Labute approximate surface area is 134 Å². The van der Waals surface area contributed by atoms with Crippen molar-refractivity contribution in [1.29, 1.82) is 0 Å². The summed E-state index contributed by atoms with van der Waals surface area (Å²) in [5.74, 6) is 0. The van der Waals surface area contributed by atoms with E-state index in [1.807, 2.05) is 32.2 Å². The Morgan fingerprint density at radius 1 is 1.19 bits per heavy atom. The fourth-order valence-corrected chi connectivity index (χ4v) is 2.45. The van der Waals surface area contributed by atoms with Crippen LogP contribution in [-0.4, -0.2) is 4.57 Å². The van der Waals surface area contributed by atoms with E-state index >= 15 is 0 Å². The Bertz CT molecular complexity index is 682. The van der Waals surface area contributed by atoms with Crippen molar-refractivity contribution >= 4 is 28.9 Å². The van der Waals surface area contributed by atoms with Crippen LogP contribution in [0, 0.1) is 0 Å². The second-order valence-corrected chi connectivity index (χ2v) is 5.80. The van der Waals surface area contributed by atoms with Crippen LogP contribution in [-0.2, 0) is 6.54 Å². The Balaban J connectivity index is 2.18.